The van der Waals surface area contributed by atoms with Crippen LogP contribution in [0.25, 0.3) is 54.2 Å². The molecule has 1 heteroatoms. The number of hydrogen-bond acceptors (Lipinski definition) is 1. The summed E-state index contributed by atoms with van der Waals surface area (Å²) in [5.41, 5.74) is 12.8. The third-order valence-corrected chi connectivity index (χ3v) is 10.4. The lowest BCUT2D eigenvalue weighted by Crippen LogP contribution is -2.24. The lowest BCUT2D eigenvalue weighted by atomic mass is 9.72. The zero-order valence-electron chi connectivity index (χ0n) is 22.6. The van der Waals surface area contributed by atoms with Crippen LogP contribution in [0.5, 0.6) is 0 Å². The molecule has 0 N–H and O–H groups in total. The summed E-state index contributed by atoms with van der Waals surface area (Å²) in [7, 11) is 0. The standard InChI is InChI=1S/C37H30S/c1-21-14-19-31(38-21)28-20-30-33(26-16-15-22-10-6-7-11-23(22)32(26)28)27-18-17-25-24-12-8-9-13-29(24)36(2,3)34(25)35(27)37(30,4)5/h6-20H,1-5H3. The largest absolute Gasteiger partial charge is 0.141 e. The van der Waals surface area contributed by atoms with E-state index in [0.29, 0.717) is 0 Å². The van der Waals surface area contributed by atoms with Crippen LogP contribution < -0.4 is 0 Å². The third kappa shape index (κ3) is 2.65. The van der Waals surface area contributed by atoms with E-state index in [4.69, 9.17) is 0 Å². The lowest BCUT2D eigenvalue weighted by molar-refractivity contribution is 0.601. The highest BCUT2D eigenvalue weighted by Crippen LogP contribution is 2.61. The Bertz CT molecular complexity index is 1980. The predicted molar refractivity (Wildman–Crippen MR) is 165 cm³/mol. The van der Waals surface area contributed by atoms with E-state index in [1.807, 2.05) is 11.3 Å². The van der Waals surface area contributed by atoms with Gasteiger partial charge in [0.25, 0.3) is 0 Å². The second-order valence-corrected chi connectivity index (χ2v) is 13.5. The number of fused-ring (bicyclic) bond motifs is 11. The van der Waals surface area contributed by atoms with Crippen molar-refractivity contribution in [3.8, 4) is 32.7 Å². The number of thiophene rings is 1. The monoisotopic (exact) mass is 506 g/mol. The van der Waals surface area contributed by atoms with Gasteiger partial charge in [-0.15, -0.1) is 11.3 Å². The van der Waals surface area contributed by atoms with Gasteiger partial charge in [-0.2, -0.15) is 0 Å². The minimum Gasteiger partial charge on any atom is -0.141 e. The molecular weight excluding hydrogens is 476 g/mol. The fraction of sp³-hybridized carbons (Fsp3) is 0.189. The molecule has 0 spiro atoms. The molecule has 0 saturated heterocycles. The first-order valence-corrected chi connectivity index (χ1v) is 14.4. The van der Waals surface area contributed by atoms with E-state index in [1.54, 1.807) is 0 Å². The van der Waals surface area contributed by atoms with Crippen LogP contribution in [0.4, 0.5) is 0 Å². The van der Waals surface area contributed by atoms with Crippen molar-refractivity contribution >= 4 is 32.9 Å². The predicted octanol–water partition coefficient (Wildman–Crippen LogP) is 10.6. The van der Waals surface area contributed by atoms with Crippen molar-refractivity contribution in [1.29, 1.82) is 0 Å². The number of rotatable bonds is 1. The number of aryl methyl sites for hydroxylation is 1. The summed E-state index contributed by atoms with van der Waals surface area (Å²) in [6, 6.07) is 34.5. The molecule has 0 unspecified atom stereocenters. The molecule has 2 aliphatic rings. The second-order valence-electron chi connectivity index (χ2n) is 12.2. The molecule has 184 valence electrons. The van der Waals surface area contributed by atoms with Crippen LogP contribution in [0, 0.1) is 6.92 Å². The van der Waals surface area contributed by atoms with E-state index in [1.165, 1.54) is 81.4 Å². The average Bonchev–Trinajstić information content (AvgIpc) is 3.53. The van der Waals surface area contributed by atoms with Crippen LogP contribution in [0.1, 0.15) is 54.8 Å². The van der Waals surface area contributed by atoms with Gasteiger partial charge in [-0.05, 0) is 91.2 Å². The van der Waals surface area contributed by atoms with E-state index in [2.05, 4.69) is 126 Å². The lowest BCUT2D eigenvalue weighted by Gasteiger charge is -2.31. The van der Waals surface area contributed by atoms with Gasteiger partial charge in [-0.1, -0.05) is 100 Å². The van der Waals surface area contributed by atoms with Crippen molar-refractivity contribution in [2.24, 2.45) is 0 Å². The number of benzene rings is 5. The van der Waals surface area contributed by atoms with Crippen LogP contribution in [-0.2, 0) is 10.8 Å². The average molecular weight is 507 g/mol. The quantitative estimate of drug-likeness (QED) is 0.195. The summed E-state index contributed by atoms with van der Waals surface area (Å²) >= 11 is 1.91. The van der Waals surface area contributed by atoms with Crippen molar-refractivity contribution in [1.82, 2.24) is 0 Å². The Hall–Kier alpha value is -3.68. The Morgan fingerprint density at radius 1 is 0.553 bits per heavy atom. The van der Waals surface area contributed by atoms with Gasteiger partial charge in [0.05, 0.1) is 0 Å². The Balaban J connectivity index is 1.54. The summed E-state index contributed by atoms with van der Waals surface area (Å²) in [5, 5.41) is 5.41. The van der Waals surface area contributed by atoms with Gasteiger partial charge in [-0.3, -0.25) is 0 Å². The Kier molecular flexibility index (Phi) is 4.25. The van der Waals surface area contributed by atoms with Crippen molar-refractivity contribution in [3.63, 3.8) is 0 Å². The molecule has 0 atom stereocenters. The molecule has 2 aliphatic carbocycles. The maximum Gasteiger partial charge on any atom is 0.0352 e. The molecule has 0 nitrogen and oxygen atoms in total. The minimum atomic E-state index is -0.101. The molecule has 6 aromatic rings. The molecule has 8 rings (SSSR count). The van der Waals surface area contributed by atoms with E-state index in [-0.39, 0.29) is 10.8 Å². The highest BCUT2D eigenvalue weighted by molar-refractivity contribution is 7.15. The summed E-state index contributed by atoms with van der Waals surface area (Å²) < 4.78 is 0. The smallest absolute Gasteiger partial charge is 0.0352 e. The van der Waals surface area contributed by atoms with Gasteiger partial charge in [0.15, 0.2) is 0 Å². The highest BCUT2D eigenvalue weighted by atomic mass is 32.1. The summed E-state index contributed by atoms with van der Waals surface area (Å²) in [4.78, 5) is 2.71. The fourth-order valence-electron chi connectivity index (χ4n) is 7.63. The van der Waals surface area contributed by atoms with Gasteiger partial charge in [0.2, 0.25) is 0 Å². The maximum absolute atomic E-state index is 2.54. The normalized spacial score (nSPS) is 15.9. The first kappa shape index (κ1) is 22.3. The van der Waals surface area contributed by atoms with Crippen LogP contribution in [0.3, 0.4) is 0 Å². The van der Waals surface area contributed by atoms with Crippen molar-refractivity contribution in [2.75, 3.05) is 0 Å². The van der Waals surface area contributed by atoms with Crippen LogP contribution in [0.2, 0.25) is 0 Å². The maximum atomic E-state index is 2.54. The summed E-state index contributed by atoms with van der Waals surface area (Å²) in [6.45, 7) is 12.0. The first-order chi connectivity index (χ1) is 18.3. The molecule has 0 saturated carbocycles. The van der Waals surface area contributed by atoms with Crippen molar-refractivity contribution in [3.05, 3.63) is 118 Å². The second kappa shape index (κ2) is 7.24. The minimum absolute atomic E-state index is 0.0349. The van der Waals surface area contributed by atoms with E-state index in [0.717, 1.165) is 0 Å². The molecule has 0 aliphatic heterocycles. The van der Waals surface area contributed by atoms with Crippen molar-refractivity contribution in [2.45, 2.75) is 45.4 Å². The fourth-order valence-corrected chi connectivity index (χ4v) is 8.52. The molecule has 0 bridgehead atoms. The van der Waals surface area contributed by atoms with Gasteiger partial charge in [0.1, 0.15) is 0 Å². The van der Waals surface area contributed by atoms with Crippen molar-refractivity contribution < 1.29 is 0 Å². The van der Waals surface area contributed by atoms with Gasteiger partial charge < -0.3 is 0 Å². The van der Waals surface area contributed by atoms with E-state index < -0.39 is 0 Å². The Morgan fingerprint density at radius 2 is 1.26 bits per heavy atom. The van der Waals surface area contributed by atoms with Gasteiger partial charge in [0, 0.05) is 26.1 Å². The SMILES string of the molecule is Cc1ccc(-c2cc3c(c4ccc5ccccc5c24)-c2ccc4c(c2C3(C)C)C(C)(C)c2ccccc2-4)s1. The summed E-state index contributed by atoms with van der Waals surface area (Å²) in [6.07, 6.45) is 0. The Labute approximate surface area is 228 Å². The molecule has 0 radical (unpaired) electrons. The first-order valence-electron chi connectivity index (χ1n) is 13.6. The molecule has 1 heterocycles. The zero-order valence-corrected chi connectivity index (χ0v) is 23.4. The highest BCUT2D eigenvalue weighted by Gasteiger charge is 2.46. The van der Waals surface area contributed by atoms with E-state index in [9.17, 15) is 0 Å². The zero-order chi connectivity index (χ0) is 26.0. The molecule has 0 amide bonds. The molecule has 1 aromatic heterocycles. The molecule has 5 aromatic carbocycles. The van der Waals surface area contributed by atoms with Gasteiger partial charge in [-0.25, -0.2) is 0 Å². The van der Waals surface area contributed by atoms with Crippen LogP contribution in [-0.4, -0.2) is 0 Å². The molecule has 0 fully saturated rings. The van der Waals surface area contributed by atoms with E-state index >= 15 is 0 Å². The van der Waals surface area contributed by atoms with Crippen LogP contribution in [0.15, 0.2) is 91.0 Å². The Morgan fingerprint density at radius 3 is 2.08 bits per heavy atom. The number of hydrogen-bond donors (Lipinski definition) is 0. The molecular formula is C37H30S. The van der Waals surface area contributed by atoms with Gasteiger partial charge >= 0.3 is 0 Å². The summed E-state index contributed by atoms with van der Waals surface area (Å²) in [5.74, 6) is 0. The van der Waals surface area contributed by atoms with Crippen LogP contribution >= 0.6 is 11.3 Å². The molecule has 38 heavy (non-hydrogen) atoms. The topological polar surface area (TPSA) is 0 Å². The third-order valence-electron chi connectivity index (χ3n) is 9.32.